The van der Waals surface area contributed by atoms with Crippen LogP contribution in [0.3, 0.4) is 0 Å². The monoisotopic (exact) mass is 285 g/mol. The van der Waals surface area contributed by atoms with Gasteiger partial charge in [-0.2, -0.15) is 0 Å². The fourth-order valence-corrected chi connectivity index (χ4v) is 1.84. The Bertz CT molecular complexity index is 476. The first-order chi connectivity index (χ1) is 8.93. The summed E-state index contributed by atoms with van der Waals surface area (Å²) in [4.78, 5) is 22.6. The van der Waals surface area contributed by atoms with Crippen LogP contribution in [0.2, 0.25) is 5.02 Å². The Labute approximate surface area is 116 Å². The Balaban J connectivity index is 2.69. The summed E-state index contributed by atoms with van der Waals surface area (Å²) in [5.41, 5.74) is 0.376. The van der Waals surface area contributed by atoms with Gasteiger partial charge in [-0.3, -0.25) is 4.79 Å². The van der Waals surface area contributed by atoms with Crippen LogP contribution in [-0.2, 0) is 9.53 Å². The Morgan fingerprint density at radius 3 is 2.74 bits per heavy atom. The molecule has 1 amide bonds. The summed E-state index contributed by atoms with van der Waals surface area (Å²) in [6, 6.07) is 4.34. The third kappa shape index (κ3) is 4.89. The molecule has 1 atom stereocenters. The van der Waals surface area contributed by atoms with E-state index in [0.29, 0.717) is 18.7 Å². The molecule has 1 rings (SSSR count). The SMILES string of the molecule is COCC(C)CC(=O)Nc1ccc(Cl)c(C(=O)O)c1. The molecule has 0 radical (unpaired) electrons. The summed E-state index contributed by atoms with van der Waals surface area (Å²) in [6.07, 6.45) is 0.304. The molecule has 0 aliphatic heterocycles. The molecule has 6 heteroatoms. The molecule has 0 aromatic heterocycles. The van der Waals surface area contributed by atoms with E-state index < -0.39 is 5.97 Å². The third-order valence-electron chi connectivity index (χ3n) is 2.47. The Morgan fingerprint density at radius 1 is 1.47 bits per heavy atom. The molecule has 0 aliphatic rings. The molecule has 2 N–H and O–H groups in total. The minimum atomic E-state index is -1.13. The zero-order chi connectivity index (χ0) is 14.4. The second-order valence-electron chi connectivity index (χ2n) is 4.31. The van der Waals surface area contributed by atoms with Crippen LogP contribution in [0, 0.1) is 5.92 Å². The standard InChI is InChI=1S/C13H16ClNO4/c1-8(7-19-2)5-12(16)15-9-3-4-11(14)10(6-9)13(17)18/h3-4,6,8H,5,7H2,1-2H3,(H,15,16)(H,17,18). The van der Waals surface area contributed by atoms with E-state index in [0.717, 1.165) is 0 Å². The molecule has 1 aromatic carbocycles. The summed E-state index contributed by atoms with van der Waals surface area (Å²) in [5, 5.41) is 11.7. The smallest absolute Gasteiger partial charge is 0.337 e. The maximum atomic E-state index is 11.7. The van der Waals surface area contributed by atoms with Gasteiger partial charge in [0.1, 0.15) is 0 Å². The van der Waals surface area contributed by atoms with Crippen LogP contribution < -0.4 is 5.32 Å². The van der Waals surface area contributed by atoms with Gasteiger partial charge in [0.05, 0.1) is 10.6 Å². The molecular weight excluding hydrogens is 270 g/mol. The molecule has 1 aromatic rings. The van der Waals surface area contributed by atoms with Crippen molar-refractivity contribution in [3.63, 3.8) is 0 Å². The number of carboxylic acids is 1. The molecule has 0 spiro atoms. The van der Waals surface area contributed by atoms with Crippen molar-refractivity contribution < 1.29 is 19.4 Å². The zero-order valence-electron chi connectivity index (χ0n) is 10.8. The number of ether oxygens (including phenoxy) is 1. The lowest BCUT2D eigenvalue weighted by molar-refractivity contribution is -0.117. The van der Waals surface area contributed by atoms with Gasteiger partial charge in [-0.05, 0) is 24.1 Å². The van der Waals surface area contributed by atoms with Gasteiger partial charge in [0, 0.05) is 25.8 Å². The van der Waals surface area contributed by atoms with Gasteiger partial charge in [-0.15, -0.1) is 0 Å². The van der Waals surface area contributed by atoms with Crippen molar-refractivity contribution in [2.45, 2.75) is 13.3 Å². The first-order valence-corrected chi connectivity index (χ1v) is 6.13. The molecule has 0 heterocycles. The predicted octanol–water partition coefficient (Wildman–Crippen LogP) is 2.65. The van der Waals surface area contributed by atoms with E-state index in [-0.39, 0.29) is 22.4 Å². The van der Waals surface area contributed by atoms with Crippen LogP contribution in [0.1, 0.15) is 23.7 Å². The number of halogens is 1. The maximum Gasteiger partial charge on any atom is 0.337 e. The molecule has 0 aliphatic carbocycles. The van der Waals surface area contributed by atoms with Crippen molar-refractivity contribution in [3.8, 4) is 0 Å². The quantitative estimate of drug-likeness (QED) is 0.842. The van der Waals surface area contributed by atoms with Gasteiger partial charge >= 0.3 is 5.97 Å². The lowest BCUT2D eigenvalue weighted by atomic mass is 10.1. The first-order valence-electron chi connectivity index (χ1n) is 5.75. The number of hydrogen-bond donors (Lipinski definition) is 2. The van der Waals surface area contributed by atoms with E-state index >= 15 is 0 Å². The average Bonchev–Trinajstić information content (AvgIpc) is 2.31. The van der Waals surface area contributed by atoms with E-state index in [1.54, 1.807) is 13.2 Å². The minimum Gasteiger partial charge on any atom is -0.478 e. The molecule has 19 heavy (non-hydrogen) atoms. The van der Waals surface area contributed by atoms with Crippen LogP contribution in [0.15, 0.2) is 18.2 Å². The average molecular weight is 286 g/mol. The number of carboxylic acid groups (broad SMARTS) is 1. The van der Waals surface area contributed by atoms with Gasteiger partial charge in [0.25, 0.3) is 0 Å². The van der Waals surface area contributed by atoms with Crippen LogP contribution >= 0.6 is 11.6 Å². The molecule has 1 unspecified atom stereocenters. The molecule has 5 nitrogen and oxygen atoms in total. The molecule has 104 valence electrons. The molecule has 0 fully saturated rings. The van der Waals surface area contributed by atoms with Gasteiger partial charge in [0.2, 0.25) is 5.91 Å². The number of methoxy groups -OCH3 is 1. The van der Waals surface area contributed by atoms with E-state index in [1.165, 1.54) is 12.1 Å². The van der Waals surface area contributed by atoms with Crippen molar-refractivity contribution in [2.24, 2.45) is 5.92 Å². The Hall–Kier alpha value is -1.59. The van der Waals surface area contributed by atoms with E-state index in [1.807, 2.05) is 6.92 Å². The van der Waals surface area contributed by atoms with Gasteiger partial charge in [-0.25, -0.2) is 4.79 Å². The summed E-state index contributed by atoms with van der Waals surface area (Å²) in [7, 11) is 1.58. The highest BCUT2D eigenvalue weighted by molar-refractivity contribution is 6.33. The summed E-state index contributed by atoms with van der Waals surface area (Å²) in [6.45, 7) is 2.39. The van der Waals surface area contributed by atoms with E-state index in [4.69, 9.17) is 21.4 Å². The van der Waals surface area contributed by atoms with Crippen LogP contribution in [-0.4, -0.2) is 30.7 Å². The maximum absolute atomic E-state index is 11.7. The Morgan fingerprint density at radius 2 is 2.16 bits per heavy atom. The highest BCUT2D eigenvalue weighted by Crippen LogP contribution is 2.21. The number of amides is 1. The second-order valence-corrected chi connectivity index (χ2v) is 4.72. The van der Waals surface area contributed by atoms with Gasteiger partial charge < -0.3 is 15.2 Å². The number of carbonyl (C=O) groups is 2. The normalized spacial score (nSPS) is 11.9. The van der Waals surface area contributed by atoms with Crippen LogP contribution in [0.25, 0.3) is 0 Å². The number of rotatable bonds is 6. The fraction of sp³-hybridized carbons (Fsp3) is 0.385. The highest BCUT2D eigenvalue weighted by atomic mass is 35.5. The largest absolute Gasteiger partial charge is 0.478 e. The Kier molecular flexibility index (Phi) is 5.79. The molecule has 0 bridgehead atoms. The number of aromatic carboxylic acids is 1. The number of benzene rings is 1. The highest BCUT2D eigenvalue weighted by Gasteiger charge is 2.12. The minimum absolute atomic E-state index is 0.0376. The third-order valence-corrected chi connectivity index (χ3v) is 2.80. The summed E-state index contributed by atoms with van der Waals surface area (Å²) >= 11 is 5.74. The number of nitrogens with one attached hydrogen (secondary N) is 1. The number of hydrogen-bond acceptors (Lipinski definition) is 3. The predicted molar refractivity (Wildman–Crippen MR) is 72.7 cm³/mol. The van der Waals surface area contributed by atoms with E-state index in [2.05, 4.69) is 5.32 Å². The van der Waals surface area contributed by atoms with Crippen LogP contribution in [0.5, 0.6) is 0 Å². The lowest BCUT2D eigenvalue weighted by Crippen LogP contribution is -2.17. The first kappa shape index (κ1) is 15.5. The molecule has 0 saturated heterocycles. The number of carbonyl (C=O) groups excluding carboxylic acids is 1. The van der Waals surface area contributed by atoms with Crippen molar-refractivity contribution in [2.75, 3.05) is 19.0 Å². The second kappa shape index (κ2) is 7.11. The molecule has 0 saturated carbocycles. The van der Waals surface area contributed by atoms with Crippen molar-refractivity contribution in [1.82, 2.24) is 0 Å². The van der Waals surface area contributed by atoms with Crippen molar-refractivity contribution in [1.29, 1.82) is 0 Å². The van der Waals surface area contributed by atoms with Gasteiger partial charge in [0.15, 0.2) is 0 Å². The fourth-order valence-electron chi connectivity index (χ4n) is 1.64. The lowest BCUT2D eigenvalue weighted by Gasteiger charge is -2.11. The summed E-state index contributed by atoms with van der Waals surface area (Å²) in [5.74, 6) is -1.23. The van der Waals surface area contributed by atoms with E-state index in [9.17, 15) is 9.59 Å². The molecular formula is C13H16ClNO4. The zero-order valence-corrected chi connectivity index (χ0v) is 11.5. The number of anilines is 1. The van der Waals surface area contributed by atoms with Crippen LogP contribution in [0.4, 0.5) is 5.69 Å². The van der Waals surface area contributed by atoms with Gasteiger partial charge in [-0.1, -0.05) is 18.5 Å². The van der Waals surface area contributed by atoms with Crippen molar-refractivity contribution in [3.05, 3.63) is 28.8 Å². The topological polar surface area (TPSA) is 75.6 Å². The van der Waals surface area contributed by atoms with Crippen molar-refractivity contribution >= 4 is 29.2 Å². The summed E-state index contributed by atoms with van der Waals surface area (Å²) < 4.78 is 4.95.